The third-order valence-corrected chi connectivity index (χ3v) is 2.89. The molecule has 0 atom stereocenters. The fourth-order valence-corrected chi connectivity index (χ4v) is 1.87. The largest absolute Gasteiger partial charge is 0.505 e. The van der Waals surface area contributed by atoms with Crippen molar-refractivity contribution < 1.29 is 14.4 Å². The molecule has 0 saturated carbocycles. The van der Waals surface area contributed by atoms with Crippen LogP contribution in [0, 0.1) is 15.9 Å². The molecule has 0 aliphatic rings. The first kappa shape index (κ1) is 14.0. The molecule has 0 spiro atoms. The van der Waals surface area contributed by atoms with Crippen LogP contribution in [-0.4, -0.2) is 10.0 Å². The lowest BCUT2D eigenvalue weighted by Gasteiger charge is -2.07. The van der Waals surface area contributed by atoms with Gasteiger partial charge in [-0.05, 0) is 6.07 Å². The summed E-state index contributed by atoms with van der Waals surface area (Å²) < 4.78 is 13.1. The Morgan fingerprint density at radius 2 is 1.75 bits per heavy atom. The van der Waals surface area contributed by atoms with Gasteiger partial charge in [-0.25, -0.2) is 4.39 Å². The van der Waals surface area contributed by atoms with Gasteiger partial charge in [0.2, 0.25) is 0 Å². The van der Waals surface area contributed by atoms with E-state index in [0.29, 0.717) is 11.1 Å². The molecule has 104 valence electrons. The summed E-state index contributed by atoms with van der Waals surface area (Å²) in [4.78, 5) is 10.4. The molecule has 2 aromatic rings. The Bertz CT molecular complexity index is 632. The van der Waals surface area contributed by atoms with Crippen LogP contribution in [0.5, 0.6) is 5.75 Å². The Morgan fingerprint density at radius 1 is 1.10 bits per heavy atom. The molecule has 2 rings (SSSR count). The normalized spacial score (nSPS) is 10.4. The van der Waals surface area contributed by atoms with Gasteiger partial charge in [0, 0.05) is 30.3 Å². The van der Waals surface area contributed by atoms with E-state index in [1.165, 1.54) is 18.2 Å². The van der Waals surface area contributed by atoms with Crippen molar-refractivity contribution in [2.45, 2.75) is 13.1 Å². The molecule has 0 aliphatic heterocycles. The van der Waals surface area contributed by atoms with Gasteiger partial charge in [0.1, 0.15) is 0 Å². The molecule has 0 bridgehead atoms. The van der Waals surface area contributed by atoms with Gasteiger partial charge in [-0.15, -0.1) is 0 Å². The van der Waals surface area contributed by atoms with Gasteiger partial charge in [0.25, 0.3) is 5.69 Å². The van der Waals surface area contributed by atoms with Crippen molar-refractivity contribution in [2.75, 3.05) is 0 Å². The number of nitrogens with zero attached hydrogens (tertiary/aromatic N) is 1. The number of nitrogens with one attached hydrogen (secondary N) is 1. The SMILES string of the molecule is O=[N+]([O-])c1ccccc1CNCc1cccc(F)c1O. The van der Waals surface area contributed by atoms with Crippen LogP contribution in [0.2, 0.25) is 0 Å². The number of nitro benzene ring substituents is 1. The predicted molar refractivity (Wildman–Crippen MR) is 71.7 cm³/mol. The number of phenolic OH excluding ortho intramolecular Hbond substituents is 1. The van der Waals surface area contributed by atoms with Gasteiger partial charge >= 0.3 is 0 Å². The second kappa shape index (κ2) is 6.12. The quantitative estimate of drug-likeness (QED) is 0.650. The molecule has 2 aromatic carbocycles. The number of phenols is 1. The Labute approximate surface area is 114 Å². The number of nitro groups is 1. The van der Waals surface area contributed by atoms with Gasteiger partial charge in [-0.1, -0.05) is 30.3 Å². The molecule has 0 saturated heterocycles. The topological polar surface area (TPSA) is 75.4 Å². The van der Waals surface area contributed by atoms with E-state index in [9.17, 15) is 19.6 Å². The number of benzene rings is 2. The molecule has 0 heterocycles. The zero-order valence-electron chi connectivity index (χ0n) is 10.5. The third kappa shape index (κ3) is 3.10. The second-order valence-electron chi connectivity index (χ2n) is 4.24. The predicted octanol–water partition coefficient (Wildman–Crippen LogP) is 2.73. The molecule has 0 aromatic heterocycles. The Morgan fingerprint density at radius 3 is 2.50 bits per heavy atom. The highest BCUT2D eigenvalue weighted by molar-refractivity contribution is 5.40. The monoisotopic (exact) mass is 276 g/mol. The van der Waals surface area contributed by atoms with E-state index in [4.69, 9.17) is 0 Å². The molecule has 6 heteroatoms. The van der Waals surface area contributed by atoms with Crippen molar-refractivity contribution in [1.82, 2.24) is 5.32 Å². The van der Waals surface area contributed by atoms with Crippen molar-refractivity contribution in [2.24, 2.45) is 0 Å². The van der Waals surface area contributed by atoms with Gasteiger partial charge in [0.15, 0.2) is 11.6 Å². The average Bonchev–Trinajstić information content (AvgIpc) is 2.44. The van der Waals surface area contributed by atoms with Crippen LogP contribution in [-0.2, 0) is 13.1 Å². The van der Waals surface area contributed by atoms with E-state index in [0.717, 1.165) is 0 Å². The van der Waals surface area contributed by atoms with Crippen molar-refractivity contribution in [3.63, 3.8) is 0 Å². The van der Waals surface area contributed by atoms with E-state index in [-0.39, 0.29) is 18.8 Å². The molecule has 0 radical (unpaired) electrons. The minimum Gasteiger partial charge on any atom is -0.505 e. The van der Waals surface area contributed by atoms with Crippen LogP contribution < -0.4 is 5.32 Å². The second-order valence-corrected chi connectivity index (χ2v) is 4.24. The van der Waals surface area contributed by atoms with Crippen LogP contribution in [0.15, 0.2) is 42.5 Å². The number of para-hydroxylation sites is 2. The van der Waals surface area contributed by atoms with Crippen molar-refractivity contribution >= 4 is 5.69 Å². The van der Waals surface area contributed by atoms with Crippen LogP contribution in [0.1, 0.15) is 11.1 Å². The molecule has 0 amide bonds. The molecule has 0 fully saturated rings. The van der Waals surface area contributed by atoms with Gasteiger partial charge in [-0.2, -0.15) is 0 Å². The third-order valence-electron chi connectivity index (χ3n) is 2.89. The van der Waals surface area contributed by atoms with Gasteiger partial charge in [0.05, 0.1) is 4.92 Å². The Hall–Kier alpha value is -2.47. The number of hydrogen-bond donors (Lipinski definition) is 2. The summed E-state index contributed by atoms with van der Waals surface area (Å²) in [6.07, 6.45) is 0. The highest BCUT2D eigenvalue weighted by atomic mass is 19.1. The Kier molecular flexibility index (Phi) is 4.27. The number of halogens is 1. The molecule has 0 unspecified atom stereocenters. The fourth-order valence-electron chi connectivity index (χ4n) is 1.87. The summed E-state index contributed by atoms with van der Waals surface area (Å²) in [5.41, 5.74) is 0.973. The van der Waals surface area contributed by atoms with E-state index < -0.39 is 16.5 Å². The summed E-state index contributed by atoms with van der Waals surface area (Å²) in [6.45, 7) is 0.475. The summed E-state index contributed by atoms with van der Waals surface area (Å²) in [5.74, 6) is -1.09. The highest BCUT2D eigenvalue weighted by Crippen LogP contribution is 2.21. The molecular formula is C14H13FN2O3. The van der Waals surface area contributed by atoms with E-state index in [1.807, 2.05) is 0 Å². The first-order valence-electron chi connectivity index (χ1n) is 5.99. The summed E-state index contributed by atoms with van der Waals surface area (Å²) in [5, 5.41) is 23.3. The fraction of sp³-hybridized carbons (Fsp3) is 0.143. The van der Waals surface area contributed by atoms with Gasteiger partial charge < -0.3 is 10.4 Å². The summed E-state index contributed by atoms with van der Waals surface area (Å²) >= 11 is 0. The average molecular weight is 276 g/mol. The zero-order chi connectivity index (χ0) is 14.5. The Balaban J connectivity index is 2.03. The van der Waals surface area contributed by atoms with Crippen LogP contribution in [0.3, 0.4) is 0 Å². The number of rotatable bonds is 5. The van der Waals surface area contributed by atoms with E-state index in [2.05, 4.69) is 5.32 Å². The summed E-state index contributed by atoms with van der Waals surface area (Å²) in [6, 6.07) is 10.6. The first-order chi connectivity index (χ1) is 9.59. The van der Waals surface area contributed by atoms with Crippen molar-refractivity contribution in [3.8, 4) is 5.75 Å². The molecule has 0 aliphatic carbocycles. The first-order valence-corrected chi connectivity index (χ1v) is 5.99. The highest BCUT2D eigenvalue weighted by Gasteiger charge is 2.12. The zero-order valence-corrected chi connectivity index (χ0v) is 10.5. The minimum absolute atomic E-state index is 0.0310. The maximum Gasteiger partial charge on any atom is 0.273 e. The van der Waals surface area contributed by atoms with Crippen LogP contribution in [0.4, 0.5) is 10.1 Å². The lowest BCUT2D eigenvalue weighted by Crippen LogP contribution is -2.14. The van der Waals surface area contributed by atoms with E-state index >= 15 is 0 Å². The minimum atomic E-state index is -0.685. The maximum atomic E-state index is 13.1. The van der Waals surface area contributed by atoms with Crippen molar-refractivity contribution in [1.29, 1.82) is 0 Å². The van der Waals surface area contributed by atoms with Gasteiger partial charge in [-0.3, -0.25) is 10.1 Å². The molecule has 2 N–H and O–H groups in total. The summed E-state index contributed by atoms with van der Waals surface area (Å²) in [7, 11) is 0. The molecule has 5 nitrogen and oxygen atoms in total. The number of hydrogen-bond acceptors (Lipinski definition) is 4. The van der Waals surface area contributed by atoms with Crippen LogP contribution in [0.25, 0.3) is 0 Å². The lowest BCUT2D eigenvalue weighted by molar-refractivity contribution is -0.385. The smallest absolute Gasteiger partial charge is 0.273 e. The standard InChI is InChI=1S/C14H13FN2O3/c15-12-6-3-5-11(14(12)18)9-16-8-10-4-1-2-7-13(10)17(19)20/h1-7,16,18H,8-9H2. The number of aromatic hydroxyl groups is 1. The van der Waals surface area contributed by atoms with Crippen LogP contribution >= 0.6 is 0 Å². The lowest BCUT2D eigenvalue weighted by atomic mass is 10.1. The molecular weight excluding hydrogens is 263 g/mol. The molecule has 20 heavy (non-hydrogen) atoms. The maximum absolute atomic E-state index is 13.1. The van der Waals surface area contributed by atoms with E-state index in [1.54, 1.807) is 24.3 Å². The van der Waals surface area contributed by atoms with Crippen molar-refractivity contribution in [3.05, 3.63) is 69.5 Å².